The number of aromatic hydroxyl groups is 1. The topological polar surface area (TPSA) is 74.6 Å². The second-order valence-electron chi connectivity index (χ2n) is 6.34. The summed E-state index contributed by atoms with van der Waals surface area (Å²) in [5, 5.41) is 13.7. The lowest BCUT2D eigenvalue weighted by Crippen LogP contribution is -2.29. The number of para-hydroxylation sites is 1. The summed E-state index contributed by atoms with van der Waals surface area (Å²) in [7, 11) is 3.84. The number of carbonyl (C=O) groups is 1. The van der Waals surface area contributed by atoms with Crippen molar-refractivity contribution in [2.24, 2.45) is 0 Å². The first-order chi connectivity index (χ1) is 12.9. The maximum absolute atomic E-state index is 12.9. The minimum Gasteiger partial charge on any atom is -0.506 e. The maximum atomic E-state index is 12.9. The predicted octanol–water partition coefficient (Wildman–Crippen LogP) is 3.21. The van der Waals surface area contributed by atoms with Crippen LogP contribution in [0.5, 0.6) is 5.75 Å². The van der Waals surface area contributed by atoms with Gasteiger partial charge in [-0.1, -0.05) is 18.2 Å². The van der Waals surface area contributed by atoms with Crippen LogP contribution in [0.15, 0.2) is 66.0 Å². The molecule has 1 heterocycles. The second-order valence-corrected chi connectivity index (χ2v) is 6.34. The molecule has 0 atom stereocenters. The summed E-state index contributed by atoms with van der Waals surface area (Å²) in [4.78, 5) is 27.5. The zero-order chi connectivity index (χ0) is 19.6. The summed E-state index contributed by atoms with van der Waals surface area (Å²) in [5.74, 6) is -0.975. The smallest absolute Gasteiger partial charge is 0.268 e. The van der Waals surface area contributed by atoms with Crippen molar-refractivity contribution in [1.29, 1.82) is 0 Å². The Bertz CT molecular complexity index is 1070. The standard InChI is InChI=1S/C21H21N3O3/c1-4-13-24-17-8-6-5-7-16(17)19(25)18(21(24)27)20(26)22-14-9-11-15(12-10-14)23(2)3/h4-12,25H,1,13H2,2-3H3,(H,22,26). The summed E-state index contributed by atoms with van der Waals surface area (Å²) >= 11 is 0. The van der Waals surface area contributed by atoms with Crippen LogP contribution in [-0.2, 0) is 6.54 Å². The van der Waals surface area contributed by atoms with Gasteiger partial charge in [0, 0.05) is 37.4 Å². The van der Waals surface area contributed by atoms with E-state index in [0.717, 1.165) is 5.69 Å². The van der Waals surface area contributed by atoms with Gasteiger partial charge >= 0.3 is 0 Å². The second kappa shape index (κ2) is 7.37. The van der Waals surface area contributed by atoms with Crippen LogP contribution >= 0.6 is 0 Å². The maximum Gasteiger partial charge on any atom is 0.268 e. The Kier molecular flexibility index (Phi) is 4.98. The average Bonchev–Trinajstić information content (AvgIpc) is 2.65. The van der Waals surface area contributed by atoms with Crippen LogP contribution in [-0.4, -0.2) is 29.7 Å². The van der Waals surface area contributed by atoms with Gasteiger partial charge in [0.25, 0.3) is 11.5 Å². The first-order valence-electron chi connectivity index (χ1n) is 8.48. The fourth-order valence-electron chi connectivity index (χ4n) is 2.94. The van der Waals surface area contributed by atoms with Gasteiger partial charge in [-0.2, -0.15) is 0 Å². The molecule has 3 aromatic rings. The molecule has 2 aromatic carbocycles. The van der Waals surface area contributed by atoms with Crippen molar-refractivity contribution in [3.05, 3.63) is 77.1 Å². The number of nitrogens with one attached hydrogen (secondary N) is 1. The molecule has 0 saturated carbocycles. The third-order valence-electron chi connectivity index (χ3n) is 4.33. The third-order valence-corrected chi connectivity index (χ3v) is 4.33. The largest absolute Gasteiger partial charge is 0.506 e. The van der Waals surface area contributed by atoms with E-state index in [1.165, 1.54) is 4.57 Å². The minimum atomic E-state index is -0.654. The van der Waals surface area contributed by atoms with E-state index in [9.17, 15) is 14.7 Å². The summed E-state index contributed by atoms with van der Waals surface area (Å²) in [5.41, 5.74) is 1.22. The van der Waals surface area contributed by atoms with Crippen LogP contribution in [0.2, 0.25) is 0 Å². The van der Waals surface area contributed by atoms with Crippen LogP contribution in [0.3, 0.4) is 0 Å². The molecule has 2 N–H and O–H groups in total. The highest BCUT2D eigenvalue weighted by atomic mass is 16.3. The van der Waals surface area contributed by atoms with Crippen LogP contribution in [0.4, 0.5) is 11.4 Å². The van der Waals surface area contributed by atoms with E-state index in [4.69, 9.17) is 0 Å². The molecule has 27 heavy (non-hydrogen) atoms. The molecule has 0 fully saturated rings. The van der Waals surface area contributed by atoms with E-state index >= 15 is 0 Å². The molecule has 0 bridgehead atoms. The number of anilines is 2. The molecule has 3 rings (SSSR count). The van der Waals surface area contributed by atoms with Crippen LogP contribution < -0.4 is 15.8 Å². The molecule has 1 aromatic heterocycles. The van der Waals surface area contributed by atoms with E-state index in [1.807, 2.05) is 31.1 Å². The van der Waals surface area contributed by atoms with E-state index in [-0.39, 0.29) is 17.9 Å². The molecule has 6 nitrogen and oxygen atoms in total. The quantitative estimate of drug-likeness (QED) is 0.683. The van der Waals surface area contributed by atoms with Gasteiger partial charge in [0.15, 0.2) is 0 Å². The van der Waals surface area contributed by atoms with Gasteiger partial charge in [-0.3, -0.25) is 9.59 Å². The average molecular weight is 363 g/mol. The normalized spacial score (nSPS) is 10.6. The number of benzene rings is 2. The Hall–Kier alpha value is -3.54. The SMILES string of the molecule is C=CCn1c(=O)c(C(=O)Nc2ccc(N(C)C)cc2)c(O)c2ccccc21. The van der Waals surface area contributed by atoms with Crippen molar-refractivity contribution in [3.63, 3.8) is 0 Å². The molecule has 0 radical (unpaired) electrons. The summed E-state index contributed by atoms with van der Waals surface area (Å²) in [6, 6.07) is 14.1. The number of hydrogen-bond donors (Lipinski definition) is 2. The Morgan fingerprint density at radius 2 is 1.85 bits per heavy atom. The van der Waals surface area contributed by atoms with Crippen molar-refractivity contribution < 1.29 is 9.90 Å². The zero-order valence-corrected chi connectivity index (χ0v) is 15.3. The van der Waals surface area contributed by atoms with Gasteiger partial charge in [-0.15, -0.1) is 6.58 Å². The third kappa shape index (κ3) is 3.42. The molecule has 0 aliphatic heterocycles. The van der Waals surface area contributed by atoms with Gasteiger partial charge in [0.05, 0.1) is 5.52 Å². The van der Waals surface area contributed by atoms with Crippen LogP contribution in [0.1, 0.15) is 10.4 Å². The van der Waals surface area contributed by atoms with Gasteiger partial charge in [-0.05, 0) is 36.4 Å². The monoisotopic (exact) mass is 363 g/mol. The molecule has 0 unspecified atom stereocenters. The van der Waals surface area contributed by atoms with Crippen molar-refractivity contribution >= 4 is 28.2 Å². The molecule has 6 heteroatoms. The molecule has 1 amide bonds. The minimum absolute atomic E-state index is 0.234. The number of rotatable bonds is 5. The van der Waals surface area contributed by atoms with Gasteiger partial charge in [-0.25, -0.2) is 0 Å². The molecule has 0 saturated heterocycles. The number of carbonyl (C=O) groups excluding carboxylic acids is 1. The van der Waals surface area contributed by atoms with Crippen molar-refractivity contribution in [2.75, 3.05) is 24.3 Å². The van der Waals surface area contributed by atoms with E-state index < -0.39 is 11.5 Å². The van der Waals surface area contributed by atoms with Crippen LogP contribution in [0.25, 0.3) is 10.9 Å². The number of hydrogen-bond acceptors (Lipinski definition) is 4. The molecular formula is C21H21N3O3. The fraction of sp³-hybridized carbons (Fsp3) is 0.143. The van der Waals surface area contributed by atoms with Gasteiger partial charge in [0.1, 0.15) is 11.3 Å². The lowest BCUT2D eigenvalue weighted by Gasteiger charge is -2.15. The van der Waals surface area contributed by atoms with Crippen LogP contribution in [0, 0.1) is 0 Å². The molecule has 138 valence electrons. The fourth-order valence-corrected chi connectivity index (χ4v) is 2.94. The number of amides is 1. The highest BCUT2D eigenvalue weighted by Gasteiger charge is 2.22. The first kappa shape index (κ1) is 18.3. The number of pyridine rings is 1. The van der Waals surface area contributed by atoms with Gasteiger partial charge in [0.2, 0.25) is 0 Å². The Balaban J connectivity index is 2.06. The summed E-state index contributed by atoms with van der Waals surface area (Å²) in [6.45, 7) is 3.90. The van der Waals surface area contributed by atoms with E-state index in [2.05, 4.69) is 11.9 Å². The zero-order valence-electron chi connectivity index (χ0n) is 15.3. The molecule has 0 aliphatic carbocycles. The van der Waals surface area contributed by atoms with E-state index in [0.29, 0.717) is 16.6 Å². The van der Waals surface area contributed by atoms with Gasteiger partial charge < -0.3 is 19.9 Å². The summed E-state index contributed by atoms with van der Waals surface area (Å²) < 4.78 is 1.42. The highest BCUT2D eigenvalue weighted by Crippen LogP contribution is 2.27. The highest BCUT2D eigenvalue weighted by molar-refractivity contribution is 6.09. The van der Waals surface area contributed by atoms with E-state index in [1.54, 1.807) is 42.5 Å². The molecule has 0 aliphatic rings. The molecule has 0 spiro atoms. The summed E-state index contributed by atoms with van der Waals surface area (Å²) in [6.07, 6.45) is 1.58. The lowest BCUT2D eigenvalue weighted by molar-refractivity contribution is 0.102. The lowest BCUT2D eigenvalue weighted by atomic mass is 10.1. The first-order valence-corrected chi connectivity index (χ1v) is 8.48. The van der Waals surface area contributed by atoms with Crippen molar-refractivity contribution in [2.45, 2.75) is 6.54 Å². The molecular weight excluding hydrogens is 342 g/mol. The van der Waals surface area contributed by atoms with Crippen molar-refractivity contribution in [3.8, 4) is 5.75 Å². The number of allylic oxidation sites excluding steroid dienone is 1. The number of fused-ring (bicyclic) bond motifs is 1. The Morgan fingerprint density at radius 1 is 1.19 bits per heavy atom. The number of nitrogens with zero attached hydrogens (tertiary/aromatic N) is 2. The van der Waals surface area contributed by atoms with Crippen molar-refractivity contribution in [1.82, 2.24) is 4.57 Å². The number of aromatic nitrogens is 1. The predicted molar refractivity (Wildman–Crippen MR) is 109 cm³/mol. The Labute approximate surface area is 157 Å². The Morgan fingerprint density at radius 3 is 2.48 bits per heavy atom.